The van der Waals surface area contributed by atoms with Crippen LogP contribution in [0.2, 0.25) is 0 Å². The highest BCUT2D eigenvalue weighted by Gasteiger charge is 2.37. The van der Waals surface area contributed by atoms with Gasteiger partial charge in [0.1, 0.15) is 0 Å². The lowest BCUT2D eigenvalue weighted by Crippen LogP contribution is -2.22. The zero-order chi connectivity index (χ0) is 21.6. The quantitative estimate of drug-likeness (QED) is 0.808. The number of methoxy groups -OCH3 is 4. The molecule has 0 aromatic heterocycles. The van der Waals surface area contributed by atoms with Gasteiger partial charge < -0.3 is 33.5 Å². The van der Waals surface area contributed by atoms with E-state index in [1.807, 2.05) is 12.1 Å². The number of aliphatic hydroxyl groups is 1. The molecule has 4 rings (SSSR count). The highest BCUT2D eigenvalue weighted by molar-refractivity contribution is 5.88. The minimum absolute atomic E-state index is 0.00359. The second-order valence-corrected chi connectivity index (χ2v) is 7.77. The molecule has 2 aliphatic rings. The third kappa shape index (κ3) is 2.91. The summed E-state index contributed by atoms with van der Waals surface area (Å²) in [5, 5.41) is 11.3. The third-order valence-electron chi connectivity index (χ3n) is 6.27. The van der Waals surface area contributed by atoms with Crippen LogP contribution in [-0.2, 0) is 6.42 Å². The largest absolute Gasteiger partial charge is 0.493 e. The van der Waals surface area contributed by atoms with Crippen molar-refractivity contribution in [3.63, 3.8) is 0 Å². The summed E-state index contributed by atoms with van der Waals surface area (Å²) in [5.41, 5.74) is 3.26. The number of ether oxygens (including phenoxy) is 6. The van der Waals surface area contributed by atoms with E-state index >= 15 is 0 Å². The maximum atomic E-state index is 11.3. The summed E-state index contributed by atoms with van der Waals surface area (Å²) < 4.78 is 34.2. The number of benzene rings is 2. The third-order valence-corrected chi connectivity index (χ3v) is 6.27. The van der Waals surface area contributed by atoms with Crippen LogP contribution < -0.4 is 28.4 Å². The van der Waals surface area contributed by atoms with E-state index in [4.69, 9.17) is 28.4 Å². The lowest BCUT2D eigenvalue weighted by atomic mass is 9.76. The van der Waals surface area contributed by atoms with Crippen LogP contribution in [-0.4, -0.2) is 40.3 Å². The first-order valence-electron chi connectivity index (χ1n) is 9.97. The first-order valence-corrected chi connectivity index (χ1v) is 9.97. The molecule has 162 valence electrons. The molecule has 0 bridgehead atoms. The molecule has 1 heterocycles. The van der Waals surface area contributed by atoms with Gasteiger partial charge in [-0.3, -0.25) is 0 Å². The second kappa shape index (κ2) is 7.80. The van der Waals surface area contributed by atoms with Crippen molar-refractivity contribution >= 4 is 0 Å². The molecule has 0 saturated carbocycles. The Morgan fingerprint density at radius 3 is 2.20 bits per heavy atom. The molecule has 1 aliphatic carbocycles. The van der Waals surface area contributed by atoms with E-state index in [1.165, 1.54) is 0 Å². The number of hydrogen-bond donors (Lipinski definition) is 1. The molecule has 0 spiro atoms. The normalized spacial score (nSPS) is 21.8. The van der Waals surface area contributed by atoms with Gasteiger partial charge in [0.2, 0.25) is 18.3 Å². The van der Waals surface area contributed by atoms with Gasteiger partial charge in [0.05, 0.1) is 34.5 Å². The van der Waals surface area contributed by atoms with Crippen molar-refractivity contribution < 1.29 is 33.5 Å². The first kappa shape index (κ1) is 20.5. The minimum atomic E-state index is -0.730. The van der Waals surface area contributed by atoms with Crippen molar-refractivity contribution in [3.8, 4) is 45.6 Å². The summed E-state index contributed by atoms with van der Waals surface area (Å²) in [6.45, 7) is 4.33. The number of aliphatic hydroxyl groups excluding tert-OH is 1. The van der Waals surface area contributed by atoms with E-state index in [1.54, 1.807) is 28.4 Å². The van der Waals surface area contributed by atoms with Gasteiger partial charge in [-0.25, -0.2) is 0 Å². The average Bonchev–Trinajstić information content (AvgIpc) is 3.23. The van der Waals surface area contributed by atoms with Crippen molar-refractivity contribution in [2.24, 2.45) is 11.8 Å². The molecule has 30 heavy (non-hydrogen) atoms. The summed E-state index contributed by atoms with van der Waals surface area (Å²) in [7, 11) is 6.31. The van der Waals surface area contributed by atoms with Gasteiger partial charge in [-0.05, 0) is 41.5 Å². The maximum Gasteiger partial charge on any atom is 0.231 e. The Bertz CT molecular complexity index is 969. The first-order chi connectivity index (χ1) is 14.5. The standard InChI is InChI=1S/C23H28O7/c1-11-7-13-8-16-21(30-10-29-16)22(27-5)17(13)18-14(19(24)12(11)2)9-15(25-3)20(26-4)23(18)28-6/h8-9,11-12,19,24H,7,10H2,1-6H3/t11-,12+,19+/m0/s1. The van der Waals surface area contributed by atoms with Gasteiger partial charge in [0.15, 0.2) is 23.0 Å². The van der Waals surface area contributed by atoms with E-state index in [0.29, 0.717) is 45.6 Å². The molecule has 0 amide bonds. The monoisotopic (exact) mass is 416 g/mol. The lowest BCUT2D eigenvalue weighted by molar-refractivity contribution is 0.0863. The number of rotatable bonds is 4. The topological polar surface area (TPSA) is 75.6 Å². The fraction of sp³-hybridized carbons (Fsp3) is 0.478. The maximum absolute atomic E-state index is 11.3. The minimum Gasteiger partial charge on any atom is -0.493 e. The average molecular weight is 416 g/mol. The summed E-state index contributed by atoms with van der Waals surface area (Å²) in [6.07, 6.45) is 0.00399. The Morgan fingerprint density at radius 1 is 0.867 bits per heavy atom. The Balaban J connectivity index is 2.16. The molecule has 0 fully saturated rings. The van der Waals surface area contributed by atoms with Crippen LogP contribution in [0.5, 0.6) is 34.5 Å². The van der Waals surface area contributed by atoms with Crippen molar-refractivity contribution in [2.45, 2.75) is 26.4 Å². The summed E-state index contributed by atoms with van der Waals surface area (Å²) >= 11 is 0. The molecule has 0 unspecified atom stereocenters. The van der Waals surface area contributed by atoms with Crippen LogP contribution in [0, 0.1) is 11.8 Å². The van der Waals surface area contributed by atoms with Gasteiger partial charge >= 0.3 is 0 Å². The molecule has 0 saturated heterocycles. The molecule has 7 heteroatoms. The predicted molar refractivity (Wildman–Crippen MR) is 111 cm³/mol. The Kier molecular flexibility index (Phi) is 5.32. The van der Waals surface area contributed by atoms with E-state index < -0.39 is 6.10 Å². The predicted octanol–water partition coefficient (Wildman–Crippen LogP) is 3.98. The summed E-state index contributed by atoms with van der Waals surface area (Å²) in [6, 6.07) is 3.82. The number of hydrogen-bond acceptors (Lipinski definition) is 7. The van der Waals surface area contributed by atoms with Crippen LogP contribution in [0.3, 0.4) is 0 Å². The van der Waals surface area contributed by atoms with E-state index in [0.717, 1.165) is 17.5 Å². The van der Waals surface area contributed by atoms with Crippen LogP contribution in [0.1, 0.15) is 31.1 Å². The highest BCUT2D eigenvalue weighted by atomic mass is 16.7. The Hall–Kier alpha value is -2.80. The van der Waals surface area contributed by atoms with Crippen molar-refractivity contribution in [1.82, 2.24) is 0 Å². The Morgan fingerprint density at radius 2 is 1.57 bits per heavy atom. The molecule has 7 nitrogen and oxygen atoms in total. The lowest BCUT2D eigenvalue weighted by Gasteiger charge is -2.33. The molecule has 2 aromatic rings. The van der Waals surface area contributed by atoms with Gasteiger partial charge in [-0.2, -0.15) is 0 Å². The van der Waals surface area contributed by atoms with Crippen molar-refractivity contribution in [1.29, 1.82) is 0 Å². The summed E-state index contributed by atoms with van der Waals surface area (Å²) in [4.78, 5) is 0. The molecular weight excluding hydrogens is 388 g/mol. The summed E-state index contributed by atoms with van der Waals surface area (Å²) in [5.74, 6) is 3.40. The molecular formula is C23H28O7. The van der Waals surface area contributed by atoms with Gasteiger partial charge in [0.25, 0.3) is 0 Å². The zero-order valence-electron chi connectivity index (χ0n) is 18.2. The fourth-order valence-electron chi connectivity index (χ4n) is 4.49. The molecule has 1 aliphatic heterocycles. The van der Waals surface area contributed by atoms with E-state index in [2.05, 4.69) is 13.8 Å². The van der Waals surface area contributed by atoms with Crippen LogP contribution in [0.15, 0.2) is 12.1 Å². The van der Waals surface area contributed by atoms with Crippen molar-refractivity contribution in [2.75, 3.05) is 35.2 Å². The second-order valence-electron chi connectivity index (χ2n) is 7.77. The molecule has 1 N–H and O–H groups in total. The van der Waals surface area contributed by atoms with E-state index in [9.17, 15) is 5.11 Å². The molecule has 3 atom stereocenters. The smallest absolute Gasteiger partial charge is 0.231 e. The van der Waals surface area contributed by atoms with E-state index in [-0.39, 0.29) is 18.6 Å². The van der Waals surface area contributed by atoms with Crippen LogP contribution in [0.4, 0.5) is 0 Å². The zero-order valence-corrected chi connectivity index (χ0v) is 18.2. The Labute approximate surface area is 176 Å². The van der Waals surface area contributed by atoms with Gasteiger partial charge in [-0.15, -0.1) is 0 Å². The molecule has 2 aromatic carbocycles. The highest BCUT2D eigenvalue weighted by Crippen LogP contribution is 2.57. The SMILES string of the molecule is COc1cc2c(c(OC)c1OC)-c1c(cc3c(c1OC)OCO3)C[C@H](C)[C@@H](C)[C@H]2O. The number of fused-ring (bicyclic) bond motifs is 4. The fourth-order valence-corrected chi connectivity index (χ4v) is 4.49. The van der Waals surface area contributed by atoms with Crippen LogP contribution >= 0.6 is 0 Å². The van der Waals surface area contributed by atoms with Crippen molar-refractivity contribution in [3.05, 3.63) is 23.3 Å². The molecule has 0 radical (unpaired) electrons. The van der Waals surface area contributed by atoms with Gasteiger partial charge in [-0.1, -0.05) is 13.8 Å². The van der Waals surface area contributed by atoms with Gasteiger partial charge in [0, 0.05) is 11.1 Å². The van der Waals surface area contributed by atoms with Crippen LogP contribution in [0.25, 0.3) is 11.1 Å².